The number of fused-ring (bicyclic) bond motifs is 1. The van der Waals surface area contributed by atoms with E-state index >= 15 is 0 Å². The number of amides is 1. The van der Waals surface area contributed by atoms with Crippen molar-refractivity contribution in [2.75, 3.05) is 11.8 Å². The highest BCUT2D eigenvalue weighted by Gasteiger charge is 2.18. The standard InChI is InChI=1S/C26H27N3O4S/c1-16-5-11-22(34(31,32)29-20-7-9-21(33-4)10-8-20)14-23(16)26(30)27-15-19-6-12-25-24(13-19)17(2)18(3)28-25/h5-14,28-29H,15H2,1-4H3,(H,27,30). The Bertz CT molecular complexity index is 1470. The lowest BCUT2D eigenvalue weighted by atomic mass is 10.1. The van der Waals surface area contributed by atoms with Crippen LogP contribution >= 0.6 is 0 Å². The number of rotatable bonds is 7. The van der Waals surface area contributed by atoms with Gasteiger partial charge in [0.1, 0.15) is 5.75 Å². The Morgan fingerprint density at radius 2 is 1.71 bits per heavy atom. The molecular weight excluding hydrogens is 450 g/mol. The lowest BCUT2D eigenvalue weighted by Gasteiger charge is -2.12. The van der Waals surface area contributed by atoms with Gasteiger partial charge in [0.25, 0.3) is 15.9 Å². The molecule has 4 aromatic rings. The average Bonchev–Trinajstić information content (AvgIpc) is 3.11. The van der Waals surface area contributed by atoms with Crippen LogP contribution in [-0.4, -0.2) is 26.4 Å². The zero-order valence-corrected chi connectivity index (χ0v) is 20.3. The fourth-order valence-corrected chi connectivity index (χ4v) is 4.87. The minimum absolute atomic E-state index is 0.0129. The first-order valence-electron chi connectivity index (χ1n) is 10.8. The van der Waals surface area contributed by atoms with Gasteiger partial charge in [-0.2, -0.15) is 0 Å². The van der Waals surface area contributed by atoms with Crippen LogP contribution in [0.2, 0.25) is 0 Å². The molecule has 0 aliphatic carbocycles. The number of carbonyl (C=O) groups excluding carboxylic acids is 1. The number of hydrogen-bond donors (Lipinski definition) is 3. The first kappa shape index (κ1) is 23.4. The van der Waals surface area contributed by atoms with Gasteiger partial charge < -0.3 is 15.0 Å². The molecular formula is C26H27N3O4S. The van der Waals surface area contributed by atoms with Gasteiger partial charge in [-0.3, -0.25) is 9.52 Å². The third kappa shape index (κ3) is 4.77. The molecule has 1 aromatic heterocycles. The summed E-state index contributed by atoms with van der Waals surface area (Å²) < 4.78 is 33.4. The fourth-order valence-electron chi connectivity index (χ4n) is 3.78. The number of nitrogens with one attached hydrogen (secondary N) is 3. The van der Waals surface area contributed by atoms with E-state index in [0.29, 0.717) is 29.1 Å². The third-order valence-corrected chi connectivity index (χ3v) is 7.31. The molecule has 0 spiro atoms. The summed E-state index contributed by atoms with van der Waals surface area (Å²) >= 11 is 0. The largest absolute Gasteiger partial charge is 0.497 e. The Hall–Kier alpha value is -3.78. The number of hydrogen-bond acceptors (Lipinski definition) is 4. The number of anilines is 1. The van der Waals surface area contributed by atoms with Crippen LogP contribution in [0.1, 0.15) is 32.7 Å². The summed E-state index contributed by atoms with van der Waals surface area (Å²) in [6.07, 6.45) is 0. The molecule has 0 fully saturated rings. The molecule has 3 aromatic carbocycles. The maximum absolute atomic E-state index is 12.9. The zero-order valence-electron chi connectivity index (χ0n) is 19.5. The lowest BCUT2D eigenvalue weighted by molar-refractivity contribution is 0.0950. The summed E-state index contributed by atoms with van der Waals surface area (Å²) in [6, 6.07) is 17.1. The number of aromatic amines is 1. The van der Waals surface area contributed by atoms with Crippen molar-refractivity contribution in [2.24, 2.45) is 0 Å². The SMILES string of the molecule is COc1ccc(NS(=O)(=O)c2ccc(C)c(C(=O)NCc3ccc4[nH]c(C)c(C)c4c3)c2)cc1. The summed E-state index contributed by atoms with van der Waals surface area (Å²) in [7, 11) is -2.33. The molecule has 8 heteroatoms. The van der Waals surface area contributed by atoms with Gasteiger partial charge in [0, 0.05) is 34.4 Å². The number of methoxy groups -OCH3 is 1. The van der Waals surface area contributed by atoms with Crippen LogP contribution in [0.4, 0.5) is 5.69 Å². The maximum atomic E-state index is 12.9. The highest BCUT2D eigenvalue weighted by Crippen LogP contribution is 2.23. The van der Waals surface area contributed by atoms with E-state index in [2.05, 4.69) is 28.0 Å². The monoisotopic (exact) mass is 477 g/mol. The number of sulfonamides is 1. The number of ether oxygens (including phenoxy) is 1. The maximum Gasteiger partial charge on any atom is 0.261 e. The molecule has 0 saturated carbocycles. The molecule has 1 heterocycles. The summed E-state index contributed by atoms with van der Waals surface area (Å²) in [6.45, 7) is 6.20. The Morgan fingerprint density at radius 1 is 0.971 bits per heavy atom. The molecule has 0 aliphatic heterocycles. The molecule has 7 nitrogen and oxygen atoms in total. The van der Waals surface area contributed by atoms with Gasteiger partial charge in [-0.1, -0.05) is 12.1 Å². The van der Waals surface area contributed by atoms with Gasteiger partial charge in [-0.15, -0.1) is 0 Å². The molecule has 176 valence electrons. The molecule has 0 atom stereocenters. The third-order valence-electron chi connectivity index (χ3n) is 5.93. The molecule has 3 N–H and O–H groups in total. The average molecular weight is 478 g/mol. The van der Waals surface area contributed by atoms with Gasteiger partial charge in [0.15, 0.2) is 0 Å². The predicted molar refractivity (Wildman–Crippen MR) is 134 cm³/mol. The van der Waals surface area contributed by atoms with E-state index in [-0.39, 0.29) is 10.8 Å². The van der Waals surface area contributed by atoms with Crippen molar-refractivity contribution in [2.45, 2.75) is 32.2 Å². The Kier molecular flexibility index (Phi) is 6.34. The Balaban J connectivity index is 1.51. The molecule has 4 rings (SSSR count). The summed E-state index contributed by atoms with van der Waals surface area (Å²) in [5, 5.41) is 4.03. The van der Waals surface area contributed by atoms with Gasteiger partial charge in [-0.05, 0) is 86.0 Å². The summed E-state index contributed by atoms with van der Waals surface area (Å²) in [5.74, 6) is 0.291. The molecule has 34 heavy (non-hydrogen) atoms. The van der Waals surface area contributed by atoms with E-state index in [1.54, 1.807) is 44.4 Å². The van der Waals surface area contributed by atoms with E-state index in [0.717, 1.165) is 22.2 Å². The van der Waals surface area contributed by atoms with Crippen molar-refractivity contribution in [1.82, 2.24) is 10.3 Å². The fraction of sp³-hybridized carbons (Fsp3) is 0.192. The van der Waals surface area contributed by atoms with Crippen molar-refractivity contribution in [3.05, 3.63) is 88.6 Å². The summed E-state index contributed by atoms with van der Waals surface area (Å²) in [5.41, 5.74) is 5.72. The molecule has 1 amide bonds. The first-order valence-corrected chi connectivity index (χ1v) is 12.3. The van der Waals surface area contributed by atoms with Gasteiger partial charge in [-0.25, -0.2) is 8.42 Å². The van der Waals surface area contributed by atoms with E-state index in [1.165, 1.54) is 17.7 Å². The van der Waals surface area contributed by atoms with Gasteiger partial charge in [0.2, 0.25) is 0 Å². The minimum atomic E-state index is -3.87. The number of carbonyl (C=O) groups is 1. The number of aryl methyl sites for hydroxylation is 3. The van der Waals surface area contributed by atoms with E-state index in [9.17, 15) is 13.2 Å². The molecule has 0 saturated heterocycles. The molecule has 0 radical (unpaired) electrons. The Labute approximate surface area is 199 Å². The second-order valence-electron chi connectivity index (χ2n) is 8.25. The lowest BCUT2D eigenvalue weighted by Crippen LogP contribution is -2.24. The van der Waals surface area contributed by atoms with E-state index in [1.807, 2.05) is 19.1 Å². The van der Waals surface area contributed by atoms with Crippen LogP contribution in [-0.2, 0) is 16.6 Å². The van der Waals surface area contributed by atoms with Crippen molar-refractivity contribution in [1.29, 1.82) is 0 Å². The number of aromatic nitrogens is 1. The minimum Gasteiger partial charge on any atom is -0.497 e. The van der Waals surface area contributed by atoms with Gasteiger partial charge in [0.05, 0.1) is 12.0 Å². The quantitative estimate of drug-likeness (QED) is 0.355. The van der Waals surface area contributed by atoms with E-state index < -0.39 is 10.0 Å². The first-order chi connectivity index (χ1) is 16.2. The second-order valence-corrected chi connectivity index (χ2v) is 9.93. The second kappa shape index (κ2) is 9.23. The number of H-pyrrole nitrogens is 1. The van der Waals surface area contributed by atoms with Crippen molar-refractivity contribution in [3.8, 4) is 5.75 Å². The van der Waals surface area contributed by atoms with Crippen molar-refractivity contribution >= 4 is 32.5 Å². The van der Waals surface area contributed by atoms with Gasteiger partial charge >= 0.3 is 0 Å². The molecule has 0 unspecified atom stereocenters. The normalized spacial score (nSPS) is 11.4. The van der Waals surface area contributed by atoms with E-state index in [4.69, 9.17) is 4.74 Å². The highest BCUT2D eigenvalue weighted by atomic mass is 32.2. The van der Waals surface area contributed by atoms with Crippen LogP contribution in [0.5, 0.6) is 5.75 Å². The molecule has 0 aliphatic rings. The van der Waals surface area contributed by atoms with Crippen LogP contribution in [0.3, 0.4) is 0 Å². The van der Waals surface area contributed by atoms with Crippen molar-refractivity contribution < 1.29 is 17.9 Å². The van der Waals surface area contributed by atoms with Crippen LogP contribution in [0, 0.1) is 20.8 Å². The van der Waals surface area contributed by atoms with Crippen molar-refractivity contribution in [3.63, 3.8) is 0 Å². The Morgan fingerprint density at radius 3 is 2.41 bits per heavy atom. The highest BCUT2D eigenvalue weighted by molar-refractivity contribution is 7.92. The topological polar surface area (TPSA) is 100 Å². The van der Waals surface area contributed by atoms with Crippen LogP contribution in [0.25, 0.3) is 10.9 Å². The molecule has 0 bridgehead atoms. The summed E-state index contributed by atoms with van der Waals surface area (Å²) in [4.78, 5) is 16.3. The smallest absolute Gasteiger partial charge is 0.261 e. The zero-order chi connectivity index (χ0) is 24.5. The number of benzene rings is 3. The predicted octanol–water partition coefficient (Wildman–Crippen LogP) is 4.83. The van der Waals surface area contributed by atoms with Crippen LogP contribution in [0.15, 0.2) is 65.6 Å². The van der Waals surface area contributed by atoms with Crippen LogP contribution < -0.4 is 14.8 Å².